The van der Waals surface area contributed by atoms with Crippen molar-refractivity contribution in [3.8, 4) is 0 Å². The number of nitrogens with two attached hydrogens (primary N) is 1. The Bertz CT molecular complexity index is 1110. The number of anilines is 3. The Labute approximate surface area is 181 Å². The van der Waals surface area contributed by atoms with Crippen molar-refractivity contribution in [2.75, 3.05) is 16.6 Å². The van der Waals surface area contributed by atoms with E-state index in [2.05, 4.69) is 31.7 Å². The zero-order chi connectivity index (χ0) is 21.7. The summed E-state index contributed by atoms with van der Waals surface area (Å²) in [5.74, 6) is -0.604. The van der Waals surface area contributed by atoms with Gasteiger partial charge in [0.1, 0.15) is 12.0 Å². The number of aryl methyl sites for hydroxylation is 1. The normalized spacial score (nSPS) is 10.2. The molecule has 1 heterocycles. The van der Waals surface area contributed by atoms with Gasteiger partial charge in [-0.2, -0.15) is 0 Å². The third kappa shape index (κ3) is 4.88. The van der Waals surface area contributed by atoms with Gasteiger partial charge in [-0.1, -0.05) is 41.4 Å². The molecule has 0 unspecified atom stereocenters. The topological polar surface area (TPSA) is 134 Å². The molecule has 154 valence electrons. The van der Waals surface area contributed by atoms with Gasteiger partial charge >= 0.3 is 0 Å². The molecule has 0 aliphatic rings. The average molecular weight is 446 g/mol. The first-order chi connectivity index (χ1) is 14.4. The number of rotatable bonds is 6. The number of carbonyl (C=O) groups is 2. The molecule has 0 aliphatic heterocycles. The van der Waals surface area contributed by atoms with E-state index in [4.69, 9.17) is 28.9 Å². The lowest BCUT2D eigenvalue weighted by molar-refractivity contribution is 0.0954. The van der Waals surface area contributed by atoms with Crippen LogP contribution in [-0.4, -0.2) is 21.8 Å². The summed E-state index contributed by atoms with van der Waals surface area (Å²) in [5.41, 5.74) is 17.8. The molecule has 0 atom stereocenters. The third-order valence-corrected chi connectivity index (χ3v) is 4.59. The maximum Gasteiger partial charge on any atom is 0.271 e. The zero-order valence-electron chi connectivity index (χ0n) is 15.7. The predicted molar refractivity (Wildman–Crippen MR) is 116 cm³/mol. The lowest BCUT2D eigenvalue weighted by Gasteiger charge is -2.14. The second-order valence-electron chi connectivity index (χ2n) is 6.08. The van der Waals surface area contributed by atoms with Crippen LogP contribution in [0.4, 0.5) is 17.3 Å². The molecule has 6 N–H and O–H groups in total. The molecule has 11 heteroatoms. The molecule has 0 radical (unpaired) electrons. The van der Waals surface area contributed by atoms with E-state index in [1.165, 1.54) is 18.5 Å². The summed E-state index contributed by atoms with van der Waals surface area (Å²) in [6.45, 7) is 1.83. The van der Waals surface area contributed by atoms with E-state index in [0.29, 0.717) is 10.6 Å². The summed E-state index contributed by atoms with van der Waals surface area (Å²) in [6.07, 6.45) is 1.21. The molecule has 0 aliphatic carbocycles. The van der Waals surface area contributed by atoms with Gasteiger partial charge in [-0.3, -0.25) is 31.3 Å². The number of halogens is 2. The Balaban J connectivity index is 1.65. The van der Waals surface area contributed by atoms with Gasteiger partial charge in [-0.15, -0.1) is 0 Å². The molecule has 2 amide bonds. The summed E-state index contributed by atoms with van der Waals surface area (Å²) >= 11 is 11.9. The molecule has 0 saturated heterocycles. The Morgan fingerprint density at radius 3 is 2.10 bits per heavy atom. The standard InChI is InChI=1S/C19H17Cl2N7O2/c1-10-4-2-3-5-12(10)18(29)27-25-16-15(22)17(24-9-23-16)26-28-19(30)13-7-6-11(20)8-14(13)21/h2-9H,22H2,1H3,(H,27,29)(H,28,30)(H2,23,24,25,26). The molecular weight excluding hydrogens is 429 g/mol. The fraction of sp³-hybridized carbons (Fsp3) is 0.0526. The zero-order valence-corrected chi connectivity index (χ0v) is 17.2. The van der Waals surface area contributed by atoms with E-state index in [0.717, 1.165) is 5.56 Å². The van der Waals surface area contributed by atoms with Crippen LogP contribution in [0.3, 0.4) is 0 Å². The predicted octanol–water partition coefficient (Wildman–Crippen LogP) is 3.19. The molecule has 9 nitrogen and oxygen atoms in total. The highest BCUT2D eigenvalue weighted by Crippen LogP contribution is 2.23. The average Bonchev–Trinajstić information content (AvgIpc) is 2.72. The van der Waals surface area contributed by atoms with Gasteiger partial charge in [-0.25, -0.2) is 9.97 Å². The van der Waals surface area contributed by atoms with E-state index in [-0.39, 0.29) is 33.8 Å². The van der Waals surface area contributed by atoms with Crippen molar-refractivity contribution in [3.05, 3.63) is 75.5 Å². The highest BCUT2D eigenvalue weighted by atomic mass is 35.5. The van der Waals surface area contributed by atoms with Gasteiger partial charge in [0.05, 0.1) is 10.6 Å². The van der Waals surface area contributed by atoms with Crippen LogP contribution in [0.1, 0.15) is 26.3 Å². The van der Waals surface area contributed by atoms with E-state index in [1.807, 2.05) is 19.1 Å². The lowest BCUT2D eigenvalue weighted by Crippen LogP contribution is -2.32. The van der Waals surface area contributed by atoms with Crippen molar-refractivity contribution in [2.24, 2.45) is 0 Å². The summed E-state index contributed by atoms with van der Waals surface area (Å²) in [7, 11) is 0. The van der Waals surface area contributed by atoms with Crippen molar-refractivity contribution in [1.82, 2.24) is 20.8 Å². The minimum atomic E-state index is -0.517. The monoisotopic (exact) mass is 445 g/mol. The maximum atomic E-state index is 12.3. The quantitative estimate of drug-likeness (QED) is 0.367. The Morgan fingerprint density at radius 1 is 0.900 bits per heavy atom. The van der Waals surface area contributed by atoms with E-state index < -0.39 is 5.91 Å². The molecule has 2 aromatic carbocycles. The number of nitrogen functional groups attached to an aromatic ring is 1. The fourth-order valence-corrected chi connectivity index (χ4v) is 2.96. The first-order valence-corrected chi connectivity index (χ1v) is 9.36. The molecule has 0 bridgehead atoms. The maximum absolute atomic E-state index is 12.3. The van der Waals surface area contributed by atoms with Crippen LogP contribution >= 0.6 is 23.2 Å². The van der Waals surface area contributed by atoms with E-state index in [9.17, 15) is 9.59 Å². The summed E-state index contributed by atoms with van der Waals surface area (Å²) < 4.78 is 0. The highest BCUT2D eigenvalue weighted by molar-refractivity contribution is 6.36. The van der Waals surface area contributed by atoms with Gasteiger partial charge in [0.15, 0.2) is 11.6 Å². The van der Waals surface area contributed by atoms with E-state index >= 15 is 0 Å². The number of hydrogen-bond acceptors (Lipinski definition) is 7. The fourth-order valence-electron chi connectivity index (χ4n) is 2.46. The molecule has 3 rings (SSSR count). The van der Waals surface area contributed by atoms with Crippen LogP contribution < -0.4 is 27.4 Å². The molecule has 0 spiro atoms. The molecule has 30 heavy (non-hydrogen) atoms. The van der Waals surface area contributed by atoms with Crippen molar-refractivity contribution in [3.63, 3.8) is 0 Å². The Hall–Kier alpha value is -3.56. The van der Waals surface area contributed by atoms with Crippen LogP contribution in [-0.2, 0) is 0 Å². The molecular formula is C19H17Cl2N7O2. The van der Waals surface area contributed by atoms with Gasteiger partial charge < -0.3 is 5.73 Å². The molecule has 1 aromatic heterocycles. The number of nitrogens with one attached hydrogen (secondary N) is 4. The number of aromatic nitrogens is 2. The minimum absolute atomic E-state index is 0.0742. The SMILES string of the molecule is Cc1ccccc1C(=O)NNc1ncnc(NNC(=O)c2ccc(Cl)cc2Cl)c1N. The smallest absolute Gasteiger partial charge is 0.271 e. The Morgan fingerprint density at radius 2 is 1.50 bits per heavy atom. The highest BCUT2D eigenvalue weighted by Gasteiger charge is 2.14. The van der Waals surface area contributed by atoms with Crippen LogP contribution in [0.15, 0.2) is 48.8 Å². The number of benzene rings is 2. The molecule has 0 fully saturated rings. The van der Waals surface area contributed by atoms with Crippen molar-refractivity contribution >= 4 is 52.3 Å². The summed E-state index contributed by atoms with van der Waals surface area (Å²) in [6, 6.07) is 11.6. The van der Waals surface area contributed by atoms with Gasteiger partial charge in [0.25, 0.3) is 11.8 Å². The van der Waals surface area contributed by atoms with Crippen LogP contribution in [0.2, 0.25) is 10.0 Å². The second kappa shape index (κ2) is 9.29. The first-order valence-electron chi connectivity index (χ1n) is 8.60. The molecule has 3 aromatic rings. The Kier molecular flexibility index (Phi) is 6.55. The van der Waals surface area contributed by atoms with Crippen LogP contribution in [0.25, 0.3) is 0 Å². The van der Waals surface area contributed by atoms with E-state index in [1.54, 1.807) is 18.2 Å². The van der Waals surface area contributed by atoms with Crippen molar-refractivity contribution in [1.29, 1.82) is 0 Å². The third-order valence-electron chi connectivity index (χ3n) is 4.04. The minimum Gasteiger partial charge on any atom is -0.393 e. The summed E-state index contributed by atoms with van der Waals surface area (Å²) in [5, 5.41) is 0.603. The lowest BCUT2D eigenvalue weighted by atomic mass is 10.1. The first kappa shape index (κ1) is 21.2. The number of hydrogen-bond donors (Lipinski definition) is 5. The summed E-state index contributed by atoms with van der Waals surface area (Å²) in [4.78, 5) is 32.6. The number of nitrogens with zero attached hydrogens (tertiary/aromatic N) is 2. The largest absolute Gasteiger partial charge is 0.393 e. The van der Waals surface area contributed by atoms with Crippen molar-refractivity contribution < 1.29 is 9.59 Å². The van der Waals surface area contributed by atoms with Gasteiger partial charge in [-0.05, 0) is 36.8 Å². The molecule has 0 saturated carbocycles. The number of carbonyl (C=O) groups excluding carboxylic acids is 2. The van der Waals surface area contributed by atoms with Crippen LogP contribution in [0, 0.1) is 6.92 Å². The number of amides is 2. The second-order valence-corrected chi connectivity index (χ2v) is 6.93. The van der Waals surface area contributed by atoms with Crippen LogP contribution in [0.5, 0.6) is 0 Å². The van der Waals surface area contributed by atoms with Gasteiger partial charge in [0.2, 0.25) is 0 Å². The van der Waals surface area contributed by atoms with Crippen molar-refractivity contribution in [2.45, 2.75) is 6.92 Å². The van der Waals surface area contributed by atoms with Gasteiger partial charge in [0, 0.05) is 10.6 Å². The number of hydrazine groups is 2.